The first kappa shape index (κ1) is 19.5. The Morgan fingerprint density at radius 2 is 2.10 bits per heavy atom. The zero-order valence-corrected chi connectivity index (χ0v) is 17.0. The number of carbonyl (C=O) groups excluding carboxylic acids is 2. The van der Waals surface area contributed by atoms with Gasteiger partial charge in [-0.1, -0.05) is 18.2 Å². The minimum atomic E-state index is -0.480. The van der Waals surface area contributed by atoms with Crippen LogP contribution in [0.3, 0.4) is 0 Å². The number of H-pyrrole nitrogens is 1. The van der Waals surface area contributed by atoms with Crippen LogP contribution in [0.2, 0.25) is 0 Å². The van der Waals surface area contributed by atoms with E-state index < -0.39 is 5.91 Å². The van der Waals surface area contributed by atoms with Crippen molar-refractivity contribution >= 4 is 40.5 Å². The van der Waals surface area contributed by atoms with Gasteiger partial charge in [0.1, 0.15) is 0 Å². The summed E-state index contributed by atoms with van der Waals surface area (Å²) in [6.07, 6.45) is 7.58. The number of hydrogen-bond donors (Lipinski definition) is 2. The summed E-state index contributed by atoms with van der Waals surface area (Å²) >= 11 is 0. The lowest BCUT2D eigenvalue weighted by Gasteiger charge is -2.10. The fourth-order valence-electron chi connectivity index (χ4n) is 3.54. The van der Waals surface area contributed by atoms with Crippen molar-refractivity contribution in [2.75, 3.05) is 14.1 Å². The predicted molar refractivity (Wildman–Crippen MR) is 115 cm³/mol. The maximum atomic E-state index is 12.8. The van der Waals surface area contributed by atoms with E-state index in [9.17, 15) is 9.59 Å². The van der Waals surface area contributed by atoms with Gasteiger partial charge >= 0.3 is 0 Å². The summed E-state index contributed by atoms with van der Waals surface area (Å²) in [4.78, 5) is 38.0. The molecule has 0 aliphatic rings. The third kappa shape index (κ3) is 3.60. The molecule has 3 heterocycles. The molecule has 0 aliphatic heterocycles. The highest BCUT2D eigenvalue weighted by Crippen LogP contribution is 2.28. The molecule has 4 aromatic rings. The van der Waals surface area contributed by atoms with E-state index in [1.165, 1.54) is 0 Å². The molecule has 2 N–H and O–H groups in total. The van der Waals surface area contributed by atoms with Crippen molar-refractivity contribution in [3.63, 3.8) is 0 Å². The van der Waals surface area contributed by atoms with Crippen molar-refractivity contribution in [3.8, 4) is 0 Å². The van der Waals surface area contributed by atoms with E-state index in [1.54, 1.807) is 18.5 Å². The number of nitrogens with zero attached hydrogens (tertiary/aromatic N) is 4. The standard InChI is InChI=1S/C22H22N6O2/c1-14-20(28-12-15(11-27(2)3)23-10-21(28)26-14)8-17(22(30)25-13-29)18-9-24-19-7-5-4-6-16(18)19/h4-10,12-13,24H,11H2,1-3H3,(H,25,29,30)/b17-8+. The van der Waals surface area contributed by atoms with Gasteiger partial charge in [0.25, 0.3) is 5.91 Å². The van der Waals surface area contributed by atoms with Crippen LogP contribution in [0, 0.1) is 6.92 Å². The number of nitrogens with one attached hydrogen (secondary N) is 2. The van der Waals surface area contributed by atoms with Gasteiger partial charge in [-0.15, -0.1) is 0 Å². The van der Waals surface area contributed by atoms with E-state index >= 15 is 0 Å². The average molecular weight is 402 g/mol. The molecular formula is C22H22N6O2. The Bertz CT molecular complexity index is 1280. The number of benzene rings is 1. The molecule has 152 valence electrons. The Balaban J connectivity index is 1.92. The monoisotopic (exact) mass is 402 g/mol. The molecule has 0 atom stereocenters. The lowest BCUT2D eigenvalue weighted by Crippen LogP contribution is -2.22. The first-order valence-electron chi connectivity index (χ1n) is 9.49. The van der Waals surface area contributed by atoms with Gasteiger partial charge in [-0.05, 0) is 33.2 Å². The van der Waals surface area contributed by atoms with Crippen molar-refractivity contribution in [3.05, 3.63) is 65.5 Å². The number of imidazole rings is 1. The summed E-state index contributed by atoms with van der Waals surface area (Å²) in [5.41, 5.74) is 5.08. The number of fused-ring (bicyclic) bond motifs is 2. The number of aryl methyl sites for hydroxylation is 1. The van der Waals surface area contributed by atoms with Crippen LogP contribution < -0.4 is 5.32 Å². The normalized spacial score (nSPS) is 12.1. The number of amides is 2. The van der Waals surface area contributed by atoms with Gasteiger partial charge in [0.05, 0.1) is 28.9 Å². The summed E-state index contributed by atoms with van der Waals surface area (Å²) in [6.45, 7) is 2.56. The zero-order valence-electron chi connectivity index (χ0n) is 17.0. The molecule has 8 heteroatoms. The molecule has 3 aromatic heterocycles. The van der Waals surface area contributed by atoms with Crippen LogP contribution >= 0.6 is 0 Å². The lowest BCUT2D eigenvalue weighted by molar-refractivity contribution is -0.121. The van der Waals surface area contributed by atoms with Gasteiger partial charge in [0, 0.05) is 35.4 Å². The van der Waals surface area contributed by atoms with Gasteiger partial charge in [0.15, 0.2) is 5.65 Å². The number of carbonyl (C=O) groups is 2. The largest absolute Gasteiger partial charge is 0.361 e. The molecule has 2 amide bonds. The third-order valence-corrected chi connectivity index (χ3v) is 4.86. The second-order valence-electron chi connectivity index (χ2n) is 7.32. The fourth-order valence-corrected chi connectivity index (χ4v) is 3.54. The quantitative estimate of drug-likeness (QED) is 0.381. The summed E-state index contributed by atoms with van der Waals surface area (Å²) in [5, 5.41) is 3.16. The van der Waals surface area contributed by atoms with Crippen LogP contribution in [0.5, 0.6) is 0 Å². The van der Waals surface area contributed by atoms with E-state index in [0.717, 1.165) is 28.0 Å². The second-order valence-corrected chi connectivity index (χ2v) is 7.32. The lowest BCUT2D eigenvalue weighted by atomic mass is 10.0. The highest BCUT2D eigenvalue weighted by atomic mass is 16.2. The molecule has 0 fully saturated rings. The molecule has 0 saturated carbocycles. The molecule has 4 rings (SSSR count). The molecule has 1 aromatic carbocycles. The fraction of sp³-hybridized carbons (Fsp3) is 0.182. The topological polar surface area (TPSA) is 95.4 Å². The maximum Gasteiger partial charge on any atom is 0.258 e. The minimum Gasteiger partial charge on any atom is -0.361 e. The maximum absolute atomic E-state index is 12.8. The Morgan fingerprint density at radius 1 is 1.30 bits per heavy atom. The van der Waals surface area contributed by atoms with Crippen LogP contribution in [-0.2, 0) is 16.1 Å². The number of para-hydroxylation sites is 1. The molecule has 0 saturated heterocycles. The minimum absolute atomic E-state index is 0.371. The first-order valence-corrected chi connectivity index (χ1v) is 9.49. The van der Waals surface area contributed by atoms with Crippen LogP contribution in [-0.4, -0.2) is 50.7 Å². The molecule has 0 bridgehead atoms. The van der Waals surface area contributed by atoms with Crippen LogP contribution in [0.1, 0.15) is 22.6 Å². The summed E-state index contributed by atoms with van der Waals surface area (Å²) in [5.74, 6) is -0.480. The SMILES string of the molecule is Cc1nc2cnc(CN(C)C)cn2c1/C=C(/C(=O)NC=O)c1c[nH]c2ccccc12. The summed E-state index contributed by atoms with van der Waals surface area (Å²) < 4.78 is 1.92. The van der Waals surface area contributed by atoms with E-state index in [1.807, 2.05) is 60.8 Å². The highest BCUT2D eigenvalue weighted by Gasteiger charge is 2.18. The van der Waals surface area contributed by atoms with Crippen LogP contribution in [0.4, 0.5) is 0 Å². The van der Waals surface area contributed by atoms with Gasteiger partial charge in [-0.3, -0.25) is 24.3 Å². The Labute approximate surface area is 173 Å². The van der Waals surface area contributed by atoms with E-state index in [2.05, 4.69) is 20.3 Å². The Hall–Kier alpha value is -3.78. The van der Waals surface area contributed by atoms with Gasteiger partial charge in [-0.25, -0.2) is 4.98 Å². The Morgan fingerprint density at radius 3 is 2.87 bits per heavy atom. The van der Waals surface area contributed by atoms with E-state index in [0.29, 0.717) is 29.7 Å². The molecule has 0 aliphatic carbocycles. The number of hydrogen-bond acceptors (Lipinski definition) is 5. The molecular weight excluding hydrogens is 380 g/mol. The van der Waals surface area contributed by atoms with Crippen molar-refractivity contribution in [2.45, 2.75) is 13.5 Å². The van der Waals surface area contributed by atoms with E-state index in [-0.39, 0.29) is 0 Å². The molecule has 8 nitrogen and oxygen atoms in total. The second kappa shape index (κ2) is 7.92. The van der Waals surface area contributed by atoms with E-state index in [4.69, 9.17) is 0 Å². The molecule has 0 radical (unpaired) electrons. The molecule has 0 spiro atoms. The number of imide groups is 1. The summed E-state index contributed by atoms with van der Waals surface area (Å²) in [7, 11) is 3.95. The van der Waals surface area contributed by atoms with Crippen molar-refractivity contribution < 1.29 is 9.59 Å². The Kier molecular flexibility index (Phi) is 5.16. The van der Waals surface area contributed by atoms with Gasteiger partial charge in [0.2, 0.25) is 6.41 Å². The van der Waals surface area contributed by atoms with Crippen molar-refractivity contribution in [2.24, 2.45) is 0 Å². The summed E-state index contributed by atoms with van der Waals surface area (Å²) in [6, 6.07) is 7.70. The van der Waals surface area contributed by atoms with Crippen LogP contribution in [0.25, 0.3) is 28.2 Å². The van der Waals surface area contributed by atoms with Gasteiger partial charge < -0.3 is 9.88 Å². The zero-order chi connectivity index (χ0) is 21.3. The number of rotatable bonds is 6. The number of aromatic amines is 1. The highest BCUT2D eigenvalue weighted by molar-refractivity contribution is 6.28. The number of aromatic nitrogens is 4. The first-order chi connectivity index (χ1) is 14.5. The average Bonchev–Trinajstić information content (AvgIpc) is 3.26. The van der Waals surface area contributed by atoms with Crippen molar-refractivity contribution in [1.29, 1.82) is 0 Å². The predicted octanol–water partition coefficient (Wildman–Crippen LogP) is 2.39. The molecule has 0 unspecified atom stereocenters. The van der Waals surface area contributed by atoms with Crippen molar-refractivity contribution in [1.82, 2.24) is 29.6 Å². The van der Waals surface area contributed by atoms with Crippen LogP contribution in [0.15, 0.2) is 42.9 Å². The smallest absolute Gasteiger partial charge is 0.258 e. The third-order valence-electron chi connectivity index (χ3n) is 4.86. The van der Waals surface area contributed by atoms with Gasteiger partial charge in [-0.2, -0.15) is 0 Å². The molecule has 30 heavy (non-hydrogen) atoms.